The highest BCUT2D eigenvalue weighted by Gasteiger charge is 2.12. The molecule has 1 N–H and O–H groups in total. The zero-order valence-electron chi connectivity index (χ0n) is 17.0. The van der Waals surface area contributed by atoms with Gasteiger partial charge >= 0.3 is 0 Å². The monoisotopic (exact) mass is 396 g/mol. The first-order valence-electron chi connectivity index (χ1n) is 10.2. The number of rotatable bonds is 7. The highest BCUT2D eigenvalue weighted by atomic mass is 16.1. The summed E-state index contributed by atoms with van der Waals surface area (Å²) in [5.74, 6) is 0.455. The zero-order chi connectivity index (χ0) is 20.8. The largest absolute Gasteiger partial charge is 0.277 e. The third-order valence-electron chi connectivity index (χ3n) is 4.96. The molecule has 4 rings (SSSR count). The molecule has 0 unspecified atom stereocenters. The lowest BCUT2D eigenvalue weighted by Gasteiger charge is -2.14. The summed E-state index contributed by atoms with van der Waals surface area (Å²) in [6.45, 7) is 2.70. The number of benzene rings is 3. The summed E-state index contributed by atoms with van der Waals surface area (Å²) in [6.07, 6.45) is 1.88. The van der Waals surface area contributed by atoms with E-state index in [1.165, 1.54) is 0 Å². The van der Waals surface area contributed by atoms with Gasteiger partial charge in [0.05, 0.1) is 16.6 Å². The summed E-state index contributed by atoms with van der Waals surface area (Å²) < 4.78 is 1.68. The predicted molar refractivity (Wildman–Crippen MR) is 123 cm³/mol. The molecule has 0 bridgehead atoms. The molecule has 5 heteroatoms. The van der Waals surface area contributed by atoms with Crippen LogP contribution in [-0.2, 0) is 6.54 Å². The molecule has 150 valence electrons. The van der Waals surface area contributed by atoms with Gasteiger partial charge in [0.1, 0.15) is 0 Å². The third-order valence-corrected chi connectivity index (χ3v) is 4.96. The van der Waals surface area contributed by atoms with Gasteiger partial charge in [-0.15, -0.1) is 0 Å². The molecule has 0 fully saturated rings. The van der Waals surface area contributed by atoms with E-state index in [-0.39, 0.29) is 5.56 Å². The molecule has 3 aromatic carbocycles. The molecule has 0 spiro atoms. The summed E-state index contributed by atoms with van der Waals surface area (Å²) in [4.78, 5) is 17.8. The van der Waals surface area contributed by atoms with Gasteiger partial charge < -0.3 is 0 Å². The van der Waals surface area contributed by atoms with Crippen molar-refractivity contribution in [3.05, 3.63) is 106 Å². The summed E-state index contributed by atoms with van der Waals surface area (Å²) in [6, 6.07) is 27.4. The number of para-hydroxylation sites is 1. The van der Waals surface area contributed by atoms with E-state index in [0.717, 1.165) is 29.7 Å². The van der Waals surface area contributed by atoms with E-state index in [0.29, 0.717) is 23.4 Å². The maximum atomic E-state index is 13.1. The maximum absolute atomic E-state index is 13.1. The topological polar surface area (TPSA) is 59.3 Å². The van der Waals surface area contributed by atoms with Gasteiger partial charge in [0.15, 0.2) is 0 Å². The number of unbranched alkanes of at least 4 members (excludes halogenated alkanes) is 1. The van der Waals surface area contributed by atoms with Crippen LogP contribution in [-0.4, -0.2) is 15.3 Å². The summed E-state index contributed by atoms with van der Waals surface area (Å²) in [5.41, 5.74) is 6.47. The highest BCUT2D eigenvalue weighted by molar-refractivity contribution is 6.13. The molecular formula is C25H24N4O. The van der Waals surface area contributed by atoms with Crippen LogP contribution in [0, 0.1) is 0 Å². The number of nitrogens with zero attached hydrogens (tertiary/aromatic N) is 3. The van der Waals surface area contributed by atoms with Crippen molar-refractivity contribution in [2.24, 2.45) is 5.10 Å². The standard InChI is InChI=1S/C25H24N4O/c1-2-3-18-29-24(30)21-16-10-11-17-22(21)26-25(29)28-27-23(19-12-6-4-7-13-19)20-14-8-5-9-15-20/h4-17H,2-3,18H2,1H3,(H,26,28). The quantitative estimate of drug-likeness (QED) is 0.351. The van der Waals surface area contributed by atoms with Crippen LogP contribution in [0.25, 0.3) is 10.9 Å². The Morgan fingerprint density at radius 3 is 2.13 bits per heavy atom. The van der Waals surface area contributed by atoms with E-state index in [9.17, 15) is 4.79 Å². The van der Waals surface area contributed by atoms with Crippen molar-refractivity contribution < 1.29 is 0 Å². The Morgan fingerprint density at radius 2 is 1.50 bits per heavy atom. The fraction of sp³-hybridized carbons (Fsp3) is 0.160. The van der Waals surface area contributed by atoms with Crippen molar-refractivity contribution in [2.75, 3.05) is 5.43 Å². The molecule has 0 saturated carbocycles. The molecule has 0 aliphatic carbocycles. The first-order chi connectivity index (χ1) is 14.8. The van der Waals surface area contributed by atoms with Gasteiger partial charge in [-0.25, -0.2) is 10.4 Å². The minimum absolute atomic E-state index is 0.0484. The van der Waals surface area contributed by atoms with Gasteiger partial charge in [0.2, 0.25) is 5.95 Å². The van der Waals surface area contributed by atoms with Crippen molar-refractivity contribution in [1.82, 2.24) is 9.55 Å². The first-order valence-corrected chi connectivity index (χ1v) is 10.2. The fourth-order valence-corrected chi connectivity index (χ4v) is 3.37. The summed E-state index contributed by atoms with van der Waals surface area (Å²) in [5, 5.41) is 5.32. The number of hydrazone groups is 1. The molecule has 0 atom stereocenters. The van der Waals surface area contributed by atoms with Crippen LogP contribution in [0.3, 0.4) is 0 Å². The second-order valence-corrected chi connectivity index (χ2v) is 7.07. The van der Waals surface area contributed by atoms with E-state index >= 15 is 0 Å². The average molecular weight is 396 g/mol. The first kappa shape index (κ1) is 19.6. The number of hydrogen-bond acceptors (Lipinski definition) is 4. The highest BCUT2D eigenvalue weighted by Crippen LogP contribution is 2.15. The van der Waals surface area contributed by atoms with Gasteiger partial charge in [-0.3, -0.25) is 9.36 Å². The van der Waals surface area contributed by atoms with Crippen LogP contribution in [0.1, 0.15) is 30.9 Å². The lowest BCUT2D eigenvalue weighted by atomic mass is 10.0. The molecule has 0 amide bonds. The van der Waals surface area contributed by atoms with Gasteiger partial charge in [-0.05, 0) is 18.6 Å². The molecule has 0 aliphatic rings. The molecular weight excluding hydrogens is 372 g/mol. The smallest absolute Gasteiger partial charge is 0.262 e. The van der Waals surface area contributed by atoms with Crippen molar-refractivity contribution in [3.8, 4) is 0 Å². The van der Waals surface area contributed by atoms with Crippen molar-refractivity contribution in [3.63, 3.8) is 0 Å². The van der Waals surface area contributed by atoms with Crippen molar-refractivity contribution >= 4 is 22.6 Å². The Morgan fingerprint density at radius 1 is 0.900 bits per heavy atom. The molecule has 0 saturated heterocycles. The molecule has 1 heterocycles. The van der Waals surface area contributed by atoms with Gasteiger partial charge in [0, 0.05) is 17.7 Å². The third kappa shape index (κ3) is 4.15. The molecule has 0 aliphatic heterocycles. The van der Waals surface area contributed by atoms with Crippen LogP contribution in [0.4, 0.5) is 5.95 Å². The Bertz CT molecular complexity index is 1170. The lowest BCUT2D eigenvalue weighted by Crippen LogP contribution is -2.24. The fourth-order valence-electron chi connectivity index (χ4n) is 3.37. The molecule has 4 aromatic rings. The Hall–Kier alpha value is -3.73. The van der Waals surface area contributed by atoms with Gasteiger partial charge in [-0.1, -0.05) is 86.1 Å². The van der Waals surface area contributed by atoms with E-state index in [1.807, 2.05) is 84.9 Å². The predicted octanol–water partition coefficient (Wildman–Crippen LogP) is 5.06. The van der Waals surface area contributed by atoms with E-state index in [2.05, 4.69) is 12.3 Å². The zero-order valence-corrected chi connectivity index (χ0v) is 17.0. The van der Waals surface area contributed by atoms with Gasteiger partial charge in [-0.2, -0.15) is 5.10 Å². The van der Waals surface area contributed by atoms with Crippen LogP contribution < -0.4 is 11.0 Å². The Balaban J connectivity index is 1.81. The van der Waals surface area contributed by atoms with Crippen LogP contribution in [0.15, 0.2) is 94.8 Å². The van der Waals surface area contributed by atoms with E-state index < -0.39 is 0 Å². The molecule has 30 heavy (non-hydrogen) atoms. The van der Waals surface area contributed by atoms with Gasteiger partial charge in [0.25, 0.3) is 5.56 Å². The normalized spacial score (nSPS) is 10.7. The Labute approximate surface area is 175 Å². The number of aromatic nitrogens is 2. The minimum atomic E-state index is -0.0484. The number of fused-ring (bicyclic) bond motifs is 1. The SMILES string of the molecule is CCCCn1c(NN=C(c2ccccc2)c2ccccc2)nc2ccccc2c1=O. The average Bonchev–Trinajstić information content (AvgIpc) is 2.80. The minimum Gasteiger partial charge on any atom is -0.277 e. The van der Waals surface area contributed by atoms with E-state index in [1.54, 1.807) is 4.57 Å². The second kappa shape index (κ2) is 9.18. The van der Waals surface area contributed by atoms with Crippen LogP contribution >= 0.6 is 0 Å². The molecule has 1 aromatic heterocycles. The van der Waals surface area contributed by atoms with Crippen LogP contribution in [0.2, 0.25) is 0 Å². The van der Waals surface area contributed by atoms with Crippen molar-refractivity contribution in [1.29, 1.82) is 0 Å². The number of hydrogen-bond donors (Lipinski definition) is 1. The summed E-state index contributed by atoms with van der Waals surface area (Å²) in [7, 11) is 0. The number of nitrogens with one attached hydrogen (secondary N) is 1. The molecule has 5 nitrogen and oxygen atoms in total. The van der Waals surface area contributed by atoms with E-state index in [4.69, 9.17) is 10.1 Å². The summed E-state index contributed by atoms with van der Waals surface area (Å²) >= 11 is 0. The maximum Gasteiger partial charge on any atom is 0.262 e. The Kier molecular flexibility index (Phi) is 5.99. The number of anilines is 1. The lowest BCUT2D eigenvalue weighted by molar-refractivity contribution is 0.614. The van der Waals surface area contributed by atoms with Crippen molar-refractivity contribution in [2.45, 2.75) is 26.3 Å². The second-order valence-electron chi connectivity index (χ2n) is 7.07. The van der Waals surface area contributed by atoms with Crippen LogP contribution in [0.5, 0.6) is 0 Å². The molecule has 0 radical (unpaired) electrons.